The fourth-order valence-corrected chi connectivity index (χ4v) is 3.38. The van der Waals surface area contributed by atoms with E-state index in [-0.39, 0.29) is 18.4 Å². The molecule has 2 aromatic carbocycles. The third-order valence-electron chi connectivity index (χ3n) is 4.77. The van der Waals surface area contributed by atoms with E-state index in [1.807, 2.05) is 30.3 Å². The number of aryl methyl sites for hydroxylation is 1. The quantitative estimate of drug-likeness (QED) is 0.831. The van der Waals surface area contributed by atoms with E-state index in [9.17, 15) is 9.59 Å². The van der Waals surface area contributed by atoms with Gasteiger partial charge in [0.2, 0.25) is 5.91 Å². The summed E-state index contributed by atoms with van der Waals surface area (Å²) in [5.74, 6) is 1.08. The van der Waals surface area contributed by atoms with Gasteiger partial charge in [0.25, 0.3) is 5.91 Å². The van der Waals surface area contributed by atoms with Gasteiger partial charge in [-0.25, -0.2) is 0 Å². The molecule has 1 N–H and O–H groups in total. The summed E-state index contributed by atoms with van der Waals surface area (Å²) < 4.78 is 5.61. The van der Waals surface area contributed by atoms with Crippen molar-refractivity contribution in [3.05, 3.63) is 53.6 Å². The standard InChI is InChI=1S/C22H26N2O3/c1-15(2)20-11-10-19(13-16(20)3)27-14-21(25)23-17-6-8-18(9-7-17)24-12-4-5-22(24)26/h6-11,13,15H,4-5,12,14H2,1-3H3,(H,23,25). The van der Waals surface area contributed by atoms with E-state index in [4.69, 9.17) is 4.74 Å². The van der Waals surface area contributed by atoms with E-state index >= 15 is 0 Å². The summed E-state index contributed by atoms with van der Waals surface area (Å²) in [4.78, 5) is 25.7. The lowest BCUT2D eigenvalue weighted by Gasteiger charge is -2.16. The maximum absolute atomic E-state index is 12.1. The zero-order chi connectivity index (χ0) is 19.4. The van der Waals surface area contributed by atoms with Crippen molar-refractivity contribution in [3.63, 3.8) is 0 Å². The molecule has 1 heterocycles. The zero-order valence-electron chi connectivity index (χ0n) is 16.1. The fourth-order valence-electron chi connectivity index (χ4n) is 3.38. The number of carbonyl (C=O) groups excluding carboxylic acids is 2. The lowest BCUT2D eigenvalue weighted by atomic mass is 9.98. The fraction of sp³-hybridized carbons (Fsp3) is 0.364. The van der Waals surface area contributed by atoms with Crippen molar-refractivity contribution in [1.29, 1.82) is 0 Å². The van der Waals surface area contributed by atoms with E-state index in [1.165, 1.54) is 5.56 Å². The normalized spacial score (nSPS) is 13.9. The molecule has 1 fully saturated rings. The number of benzene rings is 2. The monoisotopic (exact) mass is 366 g/mol. The number of hydrogen-bond acceptors (Lipinski definition) is 3. The van der Waals surface area contributed by atoms with E-state index in [1.54, 1.807) is 17.0 Å². The summed E-state index contributed by atoms with van der Waals surface area (Å²) >= 11 is 0. The van der Waals surface area contributed by atoms with Crippen LogP contribution in [0.25, 0.3) is 0 Å². The molecule has 2 amide bonds. The Morgan fingerprint density at radius 3 is 2.52 bits per heavy atom. The number of nitrogens with one attached hydrogen (secondary N) is 1. The molecule has 1 aliphatic heterocycles. The molecule has 1 saturated heterocycles. The Morgan fingerprint density at radius 1 is 1.19 bits per heavy atom. The highest BCUT2D eigenvalue weighted by molar-refractivity contribution is 5.96. The number of amides is 2. The number of anilines is 2. The molecule has 0 bridgehead atoms. The highest BCUT2D eigenvalue weighted by Crippen LogP contribution is 2.24. The molecule has 0 spiro atoms. The Morgan fingerprint density at radius 2 is 1.93 bits per heavy atom. The van der Waals surface area contributed by atoms with Gasteiger partial charge in [-0.2, -0.15) is 0 Å². The van der Waals surface area contributed by atoms with Crippen LogP contribution < -0.4 is 15.0 Å². The van der Waals surface area contributed by atoms with Crippen LogP contribution >= 0.6 is 0 Å². The van der Waals surface area contributed by atoms with Crippen LogP contribution in [-0.2, 0) is 9.59 Å². The molecule has 0 atom stereocenters. The lowest BCUT2D eigenvalue weighted by molar-refractivity contribution is -0.118. The van der Waals surface area contributed by atoms with Crippen molar-refractivity contribution in [2.75, 3.05) is 23.4 Å². The highest BCUT2D eigenvalue weighted by Gasteiger charge is 2.21. The second-order valence-electron chi connectivity index (χ2n) is 7.21. The van der Waals surface area contributed by atoms with Gasteiger partial charge < -0.3 is 15.0 Å². The molecule has 0 saturated carbocycles. The molecular weight excluding hydrogens is 340 g/mol. The average molecular weight is 366 g/mol. The number of carbonyl (C=O) groups is 2. The predicted molar refractivity (Wildman–Crippen MR) is 107 cm³/mol. The van der Waals surface area contributed by atoms with Gasteiger partial charge in [-0.3, -0.25) is 9.59 Å². The van der Waals surface area contributed by atoms with Crippen molar-refractivity contribution in [2.24, 2.45) is 0 Å². The van der Waals surface area contributed by atoms with Gasteiger partial charge in [-0.15, -0.1) is 0 Å². The van der Waals surface area contributed by atoms with Crippen LogP contribution in [0.2, 0.25) is 0 Å². The summed E-state index contributed by atoms with van der Waals surface area (Å²) in [6.45, 7) is 7.07. The third kappa shape index (κ3) is 4.67. The lowest BCUT2D eigenvalue weighted by Crippen LogP contribution is -2.23. The molecule has 2 aromatic rings. The van der Waals surface area contributed by atoms with Crippen LogP contribution in [0.15, 0.2) is 42.5 Å². The molecule has 0 radical (unpaired) electrons. The molecule has 5 nitrogen and oxygen atoms in total. The van der Waals surface area contributed by atoms with Gasteiger partial charge in [-0.05, 0) is 66.8 Å². The molecular formula is C22H26N2O3. The molecule has 5 heteroatoms. The first kappa shape index (κ1) is 19.0. The van der Waals surface area contributed by atoms with Crippen LogP contribution in [-0.4, -0.2) is 25.0 Å². The summed E-state index contributed by atoms with van der Waals surface area (Å²) in [7, 11) is 0. The second kappa shape index (κ2) is 8.25. The van der Waals surface area contributed by atoms with Crippen LogP contribution in [0.1, 0.15) is 43.7 Å². The second-order valence-corrected chi connectivity index (χ2v) is 7.21. The minimum Gasteiger partial charge on any atom is -0.484 e. The number of ether oxygens (including phenoxy) is 1. The van der Waals surface area contributed by atoms with E-state index in [0.717, 1.165) is 24.2 Å². The average Bonchev–Trinajstić information content (AvgIpc) is 3.06. The molecule has 27 heavy (non-hydrogen) atoms. The molecule has 0 unspecified atom stereocenters. The summed E-state index contributed by atoms with van der Waals surface area (Å²) in [6.07, 6.45) is 1.50. The first-order chi connectivity index (χ1) is 12.9. The Kier molecular flexibility index (Phi) is 5.79. The highest BCUT2D eigenvalue weighted by atomic mass is 16.5. The number of nitrogens with zero attached hydrogens (tertiary/aromatic N) is 1. The van der Waals surface area contributed by atoms with Gasteiger partial charge in [0.1, 0.15) is 5.75 Å². The van der Waals surface area contributed by atoms with Gasteiger partial charge in [0, 0.05) is 24.3 Å². The predicted octanol–water partition coefficient (Wildman–Crippen LogP) is 4.26. The van der Waals surface area contributed by atoms with Crippen molar-refractivity contribution in [2.45, 2.75) is 39.5 Å². The third-order valence-corrected chi connectivity index (χ3v) is 4.77. The SMILES string of the molecule is Cc1cc(OCC(=O)Nc2ccc(N3CCCC3=O)cc2)ccc1C(C)C. The molecule has 0 aliphatic carbocycles. The molecule has 3 rings (SSSR count). The van der Waals surface area contributed by atoms with E-state index in [2.05, 4.69) is 26.1 Å². The summed E-state index contributed by atoms with van der Waals surface area (Å²) in [6, 6.07) is 13.2. The van der Waals surface area contributed by atoms with E-state index < -0.39 is 0 Å². The largest absolute Gasteiger partial charge is 0.484 e. The Labute approximate surface area is 160 Å². The first-order valence-corrected chi connectivity index (χ1v) is 9.37. The number of hydrogen-bond donors (Lipinski definition) is 1. The molecule has 1 aliphatic rings. The van der Waals surface area contributed by atoms with Crippen molar-refractivity contribution in [1.82, 2.24) is 0 Å². The van der Waals surface area contributed by atoms with Gasteiger partial charge >= 0.3 is 0 Å². The molecule has 142 valence electrons. The zero-order valence-corrected chi connectivity index (χ0v) is 16.1. The van der Waals surface area contributed by atoms with Crippen molar-refractivity contribution in [3.8, 4) is 5.75 Å². The first-order valence-electron chi connectivity index (χ1n) is 9.37. The Balaban J connectivity index is 1.53. The van der Waals surface area contributed by atoms with Crippen molar-refractivity contribution >= 4 is 23.2 Å². The summed E-state index contributed by atoms with van der Waals surface area (Å²) in [5.41, 5.74) is 4.00. The smallest absolute Gasteiger partial charge is 0.262 e. The maximum atomic E-state index is 12.1. The van der Waals surface area contributed by atoms with Crippen LogP contribution in [0.5, 0.6) is 5.75 Å². The van der Waals surface area contributed by atoms with Crippen molar-refractivity contribution < 1.29 is 14.3 Å². The summed E-state index contributed by atoms with van der Waals surface area (Å²) in [5, 5.41) is 2.82. The Hall–Kier alpha value is -2.82. The Bertz CT molecular complexity index is 828. The van der Waals surface area contributed by atoms with E-state index in [0.29, 0.717) is 23.8 Å². The molecule has 0 aromatic heterocycles. The van der Waals surface area contributed by atoms with Gasteiger partial charge in [0.05, 0.1) is 0 Å². The minimum absolute atomic E-state index is 0.0488. The van der Waals surface area contributed by atoms with Gasteiger partial charge in [0.15, 0.2) is 6.61 Å². The van der Waals surface area contributed by atoms with Crippen LogP contribution in [0.4, 0.5) is 11.4 Å². The van der Waals surface area contributed by atoms with Crippen LogP contribution in [0, 0.1) is 6.92 Å². The number of rotatable bonds is 6. The maximum Gasteiger partial charge on any atom is 0.262 e. The van der Waals surface area contributed by atoms with Crippen LogP contribution in [0.3, 0.4) is 0 Å². The topological polar surface area (TPSA) is 58.6 Å². The van der Waals surface area contributed by atoms with Gasteiger partial charge in [-0.1, -0.05) is 19.9 Å². The minimum atomic E-state index is -0.217.